The van der Waals surface area contributed by atoms with E-state index in [0.717, 1.165) is 54.8 Å². The quantitative estimate of drug-likeness (QED) is 0.632. The number of nitrogens with one attached hydrogen (secondary N) is 1. The number of nitrogens with zero attached hydrogens (tertiary/aromatic N) is 2. The van der Waals surface area contributed by atoms with Crippen molar-refractivity contribution in [1.29, 1.82) is 0 Å². The van der Waals surface area contributed by atoms with E-state index in [1.165, 1.54) is 18.4 Å². The lowest BCUT2D eigenvalue weighted by Crippen LogP contribution is -2.48. The Hall–Kier alpha value is -2.08. The Labute approximate surface area is 188 Å². The molecule has 1 aliphatic heterocycles. The van der Waals surface area contributed by atoms with Crippen LogP contribution in [-0.4, -0.2) is 40.1 Å². The minimum absolute atomic E-state index is 0.0200. The summed E-state index contributed by atoms with van der Waals surface area (Å²) in [4.78, 5) is 18.2. The van der Waals surface area contributed by atoms with E-state index in [-0.39, 0.29) is 17.1 Å². The maximum absolute atomic E-state index is 12.6. The molecule has 0 amide bonds. The number of para-hydroxylation sites is 2. The van der Waals surface area contributed by atoms with Crippen molar-refractivity contribution in [3.63, 3.8) is 0 Å². The second kappa shape index (κ2) is 8.45. The fourth-order valence-corrected chi connectivity index (χ4v) is 6.09. The number of hydrogen-bond acceptors (Lipinski definition) is 3. The molecule has 5 nitrogen and oxygen atoms in total. The number of likely N-dealkylation sites (tertiary alicyclic amines) is 1. The van der Waals surface area contributed by atoms with Crippen molar-refractivity contribution in [1.82, 2.24) is 14.5 Å². The number of nitrogens with two attached hydrogens (primary N) is 1. The van der Waals surface area contributed by atoms with Crippen molar-refractivity contribution in [3.8, 4) is 0 Å². The molecule has 3 aromatic rings. The fraction of sp³-hybridized carbons (Fsp3) is 0.480. The van der Waals surface area contributed by atoms with E-state index in [0.29, 0.717) is 12.6 Å². The molecule has 0 bridgehead atoms. The van der Waals surface area contributed by atoms with Crippen molar-refractivity contribution in [2.24, 2.45) is 5.73 Å². The molecule has 2 aromatic carbocycles. The lowest BCUT2D eigenvalue weighted by Gasteiger charge is -2.45. The van der Waals surface area contributed by atoms with Gasteiger partial charge in [-0.3, -0.25) is 4.57 Å². The second-order valence-electron chi connectivity index (χ2n) is 9.31. The Morgan fingerprint density at radius 1 is 1.00 bits per heavy atom. The molecule has 0 unspecified atom stereocenters. The summed E-state index contributed by atoms with van der Waals surface area (Å²) < 4.78 is 1.98. The van der Waals surface area contributed by atoms with Crippen LogP contribution in [-0.2, 0) is 5.41 Å². The summed E-state index contributed by atoms with van der Waals surface area (Å²) in [6.07, 6.45) is 6.60. The van der Waals surface area contributed by atoms with Crippen LogP contribution in [0.3, 0.4) is 0 Å². The Morgan fingerprint density at radius 3 is 2.45 bits per heavy atom. The highest BCUT2D eigenvalue weighted by Crippen LogP contribution is 2.41. The normalized spacial score (nSPS) is 25.8. The molecule has 2 aliphatic rings. The molecule has 2 fully saturated rings. The largest absolute Gasteiger partial charge is 0.330 e. The number of aromatic amines is 1. The van der Waals surface area contributed by atoms with Crippen LogP contribution in [0.25, 0.3) is 11.0 Å². The highest BCUT2D eigenvalue weighted by molar-refractivity contribution is 6.30. The summed E-state index contributed by atoms with van der Waals surface area (Å²) in [7, 11) is 0. The topological polar surface area (TPSA) is 67.0 Å². The van der Waals surface area contributed by atoms with Gasteiger partial charge in [0.15, 0.2) is 0 Å². The fourth-order valence-electron chi connectivity index (χ4n) is 5.90. The summed E-state index contributed by atoms with van der Waals surface area (Å²) >= 11 is 6.26. The van der Waals surface area contributed by atoms with Gasteiger partial charge in [0.2, 0.25) is 0 Å². The number of halogens is 1. The van der Waals surface area contributed by atoms with Crippen LogP contribution in [0.1, 0.15) is 50.1 Å². The van der Waals surface area contributed by atoms with Gasteiger partial charge in [0.1, 0.15) is 0 Å². The van der Waals surface area contributed by atoms with Gasteiger partial charge in [-0.15, -0.1) is 0 Å². The molecular formula is C25H31ClN4O. The third-order valence-corrected chi connectivity index (χ3v) is 7.98. The monoisotopic (exact) mass is 438 g/mol. The van der Waals surface area contributed by atoms with Gasteiger partial charge in [-0.25, -0.2) is 4.79 Å². The lowest BCUT2D eigenvalue weighted by atomic mass is 9.68. The molecule has 2 heterocycles. The summed E-state index contributed by atoms with van der Waals surface area (Å²) in [5.74, 6) is 0. The van der Waals surface area contributed by atoms with Crippen molar-refractivity contribution in [2.75, 3.05) is 19.6 Å². The van der Waals surface area contributed by atoms with Gasteiger partial charge >= 0.3 is 5.69 Å². The first-order chi connectivity index (χ1) is 15.1. The van der Waals surface area contributed by atoms with Gasteiger partial charge < -0.3 is 15.6 Å². The molecule has 0 radical (unpaired) electrons. The summed E-state index contributed by atoms with van der Waals surface area (Å²) in [6.45, 7) is 2.77. The summed E-state index contributed by atoms with van der Waals surface area (Å²) in [6, 6.07) is 17.1. The first-order valence-corrected chi connectivity index (χ1v) is 11.9. The SMILES string of the molecule is NCC1(c2cccc(Cl)c2)CCC(N2CCC(n3c(=O)[nH]c4ccccc43)CC2)CC1. The van der Waals surface area contributed by atoms with Crippen LogP contribution in [0.15, 0.2) is 53.3 Å². The van der Waals surface area contributed by atoms with Crippen molar-refractivity contribution in [2.45, 2.75) is 56.0 Å². The van der Waals surface area contributed by atoms with Gasteiger partial charge in [0.05, 0.1) is 11.0 Å². The molecule has 5 rings (SSSR count). The standard InChI is InChI=1S/C25H31ClN4O/c26-19-5-3-4-18(16-19)25(17-27)12-8-20(9-13-25)29-14-10-21(11-15-29)30-23-7-2-1-6-22(23)28-24(30)31/h1-7,16,20-21H,8-15,17,27H2,(H,28,31). The third kappa shape index (κ3) is 3.84. The number of imidazole rings is 1. The van der Waals surface area contributed by atoms with Crippen LogP contribution < -0.4 is 11.4 Å². The van der Waals surface area contributed by atoms with Crippen LogP contribution in [0.2, 0.25) is 5.02 Å². The Balaban J connectivity index is 1.24. The Kier molecular flexibility index (Phi) is 5.67. The van der Waals surface area contributed by atoms with E-state index in [2.05, 4.69) is 22.0 Å². The zero-order valence-electron chi connectivity index (χ0n) is 17.9. The van der Waals surface area contributed by atoms with Crippen LogP contribution in [0, 0.1) is 0 Å². The number of aromatic nitrogens is 2. The number of fused-ring (bicyclic) bond motifs is 1. The minimum atomic E-state index is 0.0200. The molecule has 3 N–H and O–H groups in total. The van der Waals surface area contributed by atoms with Crippen LogP contribution in [0.4, 0.5) is 0 Å². The van der Waals surface area contributed by atoms with E-state index >= 15 is 0 Å². The molecule has 0 atom stereocenters. The average molecular weight is 439 g/mol. The van der Waals surface area contributed by atoms with Gasteiger partial charge in [0.25, 0.3) is 0 Å². The van der Waals surface area contributed by atoms with Gasteiger partial charge in [-0.2, -0.15) is 0 Å². The number of piperidine rings is 1. The maximum atomic E-state index is 12.6. The van der Waals surface area contributed by atoms with Gasteiger partial charge in [-0.1, -0.05) is 35.9 Å². The molecular weight excluding hydrogens is 408 g/mol. The summed E-state index contributed by atoms with van der Waals surface area (Å²) in [5, 5.41) is 0.794. The van der Waals surface area contributed by atoms with Crippen molar-refractivity contribution < 1.29 is 0 Å². The second-order valence-corrected chi connectivity index (χ2v) is 9.75. The van der Waals surface area contributed by atoms with Crippen LogP contribution >= 0.6 is 11.6 Å². The number of H-pyrrole nitrogens is 1. The highest BCUT2D eigenvalue weighted by atomic mass is 35.5. The number of rotatable bonds is 4. The van der Waals surface area contributed by atoms with Crippen molar-refractivity contribution in [3.05, 3.63) is 69.6 Å². The maximum Gasteiger partial charge on any atom is 0.326 e. The molecule has 31 heavy (non-hydrogen) atoms. The molecule has 1 aliphatic carbocycles. The number of hydrogen-bond donors (Lipinski definition) is 2. The predicted octanol–water partition coefficient (Wildman–Crippen LogP) is 4.46. The first kappa shape index (κ1) is 20.8. The van der Waals surface area contributed by atoms with E-state index in [9.17, 15) is 4.79 Å². The van der Waals surface area contributed by atoms with Crippen molar-refractivity contribution >= 4 is 22.6 Å². The molecule has 164 valence electrons. The summed E-state index contributed by atoms with van der Waals surface area (Å²) in [5.41, 5.74) is 9.60. The zero-order valence-corrected chi connectivity index (χ0v) is 18.7. The first-order valence-electron chi connectivity index (χ1n) is 11.5. The van der Waals surface area contributed by atoms with Gasteiger partial charge in [-0.05, 0) is 68.4 Å². The molecule has 1 aromatic heterocycles. The van der Waals surface area contributed by atoms with E-state index in [4.69, 9.17) is 17.3 Å². The molecule has 1 saturated heterocycles. The number of benzene rings is 2. The smallest absolute Gasteiger partial charge is 0.326 e. The van der Waals surface area contributed by atoms with Crippen LogP contribution in [0.5, 0.6) is 0 Å². The predicted molar refractivity (Wildman–Crippen MR) is 127 cm³/mol. The lowest BCUT2D eigenvalue weighted by molar-refractivity contribution is 0.0895. The molecule has 0 spiro atoms. The van der Waals surface area contributed by atoms with E-state index in [1.54, 1.807) is 0 Å². The minimum Gasteiger partial charge on any atom is -0.330 e. The van der Waals surface area contributed by atoms with E-state index in [1.807, 2.05) is 41.0 Å². The molecule has 1 saturated carbocycles. The third-order valence-electron chi connectivity index (χ3n) is 7.74. The Bertz CT molecular complexity index is 1100. The van der Waals surface area contributed by atoms with E-state index < -0.39 is 0 Å². The zero-order chi connectivity index (χ0) is 21.4. The highest BCUT2D eigenvalue weighted by Gasteiger charge is 2.38. The van der Waals surface area contributed by atoms with Gasteiger partial charge in [0, 0.05) is 42.2 Å². The average Bonchev–Trinajstić information content (AvgIpc) is 3.15. The Morgan fingerprint density at radius 2 is 1.74 bits per heavy atom. The molecule has 6 heteroatoms.